The maximum absolute atomic E-state index is 9.03. The first-order valence-corrected chi connectivity index (χ1v) is 8.88. The van der Waals surface area contributed by atoms with E-state index in [2.05, 4.69) is 56.6 Å². The highest BCUT2D eigenvalue weighted by molar-refractivity contribution is 9.10. The highest BCUT2D eigenvalue weighted by Crippen LogP contribution is 2.36. The zero-order valence-electron chi connectivity index (χ0n) is 13.7. The van der Waals surface area contributed by atoms with Crippen LogP contribution >= 0.6 is 15.9 Å². The van der Waals surface area contributed by atoms with Gasteiger partial charge in [0.15, 0.2) is 0 Å². The first-order chi connectivity index (χ1) is 11.6. The van der Waals surface area contributed by atoms with E-state index in [0.717, 1.165) is 48.6 Å². The first kappa shape index (κ1) is 16.9. The van der Waals surface area contributed by atoms with Gasteiger partial charge in [0, 0.05) is 29.6 Å². The minimum Gasteiger partial charge on any atom is -0.381 e. The fourth-order valence-electron chi connectivity index (χ4n) is 3.19. The number of nitrogens with one attached hydrogen (secondary N) is 1. The summed E-state index contributed by atoms with van der Waals surface area (Å²) in [4.78, 5) is 4.50. The molecule has 1 fully saturated rings. The number of hydrogen-bond acceptors (Lipinski definition) is 4. The van der Waals surface area contributed by atoms with Crippen LogP contribution < -0.4 is 5.32 Å². The lowest BCUT2D eigenvalue weighted by Gasteiger charge is -2.38. The van der Waals surface area contributed by atoms with Crippen molar-refractivity contribution < 1.29 is 4.74 Å². The SMILES string of the molecule is Cc1nc(NCC2(c3cccc(Br)c3)CCOCC2)ccc1C#N. The summed E-state index contributed by atoms with van der Waals surface area (Å²) >= 11 is 3.58. The third kappa shape index (κ3) is 3.61. The normalized spacial score (nSPS) is 16.4. The average Bonchev–Trinajstić information content (AvgIpc) is 2.61. The Balaban J connectivity index is 1.83. The molecule has 0 radical (unpaired) electrons. The third-order valence-electron chi connectivity index (χ3n) is 4.70. The van der Waals surface area contributed by atoms with Crippen LogP contribution in [0.5, 0.6) is 0 Å². The Hall–Kier alpha value is -1.90. The molecular formula is C19H20BrN3O. The Morgan fingerprint density at radius 2 is 2.08 bits per heavy atom. The number of halogens is 1. The largest absolute Gasteiger partial charge is 0.381 e. The van der Waals surface area contributed by atoms with Gasteiger partial charge in [-0.3, -0.25) is 0 Å². The van der Waals surface area contributed by atoms with Gasteiger partial charge >= 0.3 is 0 Å². The summed E-state index contributed by atoms with van der Waals surface area (Å²) in [6, 6.07) is 14.4. The van der Waals surface area contributed by atoms with Gasteiger partial charge in [-0.15, -0.1) is 0 Å². The molecule has 0 spiro atoms. The minimum atomic E-state index is 0.0332. The molecule has 1 aliphatic heterocycles. The Kier molecular flexibility index (Phi) is 5.17. The molecule has 0 atom stereocenters. The number of aryl methyl sites for hydroxylation is 1. The van der Waals surface area contributed by atoms with Crippen molar-refractivity contribution in [2.75, 3.05) is 25.1 Å². The molecular weight excluding hydrogens is 366 g/mol. The zero-order chi connectivity index (χ0) is 17.0. The maximum atomic E-state index is 9.03. The predicted molar refractivity (Wildman–Crippen MR) is 98.1 cm³/mol. The molecule has 0 amide bonds. The van der Waals surface area contributed by atoms with Gasteiger partial charge in [0.05, 0.1) is 11.3 Å². The van der Waals surface area contributed by atoms with Gasteiger partial charge in [-0.25, -0.2) is 4.98 Å². The van der Waals surface area contributed by atoms with Crippen LogP contribution in [0, 0.1) is 18.3 Å². The number of hydrogen-bond donors (Lipinski definition) is 1. The van der Waals surface area contributed by atoms with Crippen LogP contribution in [0.2, 0.25) is 0 Å². The van der Waals surface area contributed by atoms with E-state index in [1.54, 1.807) is 0 Å². The van der Waals surface area contributed by atoms with Crippen LogP contribution in [-0.4, -0.2) is 24.7 Å². The van der Waals surface area contributed by atoms with Gasteiger partial charge < -0.3 is 10.1 Å². The molecule has 2 aromatic rings. The Morgan fingerprint density at radius 1 is 1.29 bits per heavy atom. The highest BCUT2D eigenvalue weighted by atomic mass is 79.9. The molecule has 5 heteroatoms. The second kappa shape index (κ2) is 7.33. The topological polar surface area (TPSA) is 57.9 Å². The smallest absolute Gasteiger partial charge is 0.126 e. The van der Waals surface area contributed by atoms with E-state index < -0.39 is 0 Å². The molecule has 1 aromatic carbocycles. The zero-order valence-corrected chi connectivity index (χ0v) is 15.3. The number of ether oxygens (including phenoxy) is 1. The van der Waals surface area contributed by atoms with Gasteiger partial charge in [0.25, 0.3) is 0 Å². The summed E-state index contributed by atoms with van der Waals surface area (Å²) in [6.45, 7) is 4.20. The molecule has 2 heterocycles. The summed E-state index contributed by atoms with van der Waals surface area (Å²) in [6.07, 6.45) is 1.96. The van der Waals surface area contributed by atoms with E-state index in [1.165, 1.54) is 5.56 Å². The van der Waals surface area contributed by atoms with Gasteiger partial charge in [-0.1, -0.05) is 28.1 Å². The molecule has 1 aromatic heterocycles. The lowest BCUT2D eigenvalue weighted by atomic mass is 9.74. The van der Waals surface area contributed by atoms with E-state index in [1.807, 2.05) is 19.1 Å². The van der Waals surface area contributed by atoms with E-state index in [9.17, 15) is 0 Å². The van der Waals surface area contributed by atoms with Crippen LogP contribution in [-0.2, 0) is 10.2 Å². The number of nitrogens with zero attached hydrogens (tertiary/aromatic N) is 2. The number of rotatable bonds is 4. The van der Waals surface area contributed by atoms with E-state index in [4.69, 9.17) is 10.00 Å². The number of benzene rings is 1. The van der Waals surface area contributed by atoms with E-state index >= 15 is 0 Å². The van der Waals surface area contributed by atoms with Gasteiger partial charge in [-0.2, -0.15) is 5.26 Å². The summed E-state index contributed by atoms with van der Waals surface area (Å²) in [7, 11) is 0. The third-order valence-corrected chi connectivity index (χ3v) is 5.19. The molecule has 0 saturated carbocycles. The number of pyridine rings is 1. The molecule has 124 valence electrons. The Labute approximate surface area is 151 Å². The first-order valence-electron chi connectivity index (χ1n) is 8.08. The van der Waals surface area contributed by atoms with Gasteiger partial charge in [0.2, 0.25) is 0 Å². The van der Waals surface area contributed by atoms with Crippen molar-refractivity contribution in [2.45, 2.75) is 25.2 Å². The molecule has 4 nitrogen and oxygen atoms in total. The predicted octanol–water partition coefficient (Wildman–Crippen LogP) is 4.18. The fourth-order valence-corrected chi connectivity index (χ4v) is 3.58. The monoisotopic (exact) mass is 385 g/mol. The lowest BCUT2D eigenvalue weighted by molar-refractivity contribution is 0.0543. The van der Waals surface area contributed by atoms with E-state index in [0.29, 0.717) is 5.56 Å². The van der Waals surface area contributed by atoms with Gasteiger partial charge in [0.1, 0.15) is 11.9 Å². The number of anilines is 1. The van der Waals surface area contributed by atoms with Crippen LogP contribution in [0.3, 0.4) is 0 Å². The van der Waals surface area contributed by atoms with Crippen molar-refractivity contribution in [2.24, 2.45) is 0 Å². The van der Waals surface area contributed by atoms with Crippen LogP contribution in [0.4, 0.5) is 5.82 Å². The second-order valence-corrected chi connectivity index (χ2v) is 7.11. The summed E-state index contributed by atoms with van der Waals surface area (Å²) in [5.41, 5.74) is 2.73. The Morgan fingerprint density at radius 3 is 2.75 bits per heavy atom. The van der Waals surface area contributed by atoms with E-state index in [-0.39, 0.29) is 5.41 Å². The van der Waals surface area contributed by atoms with Crippen molar-refractivity contribution in [3.8, 4) is 6.07 Å². The summed E-state index contributed by atoms with van der Waals surface area (Å²) < 4.78 is 6.68. The molecule has 0 aliphatic carbocycles. The standard InChI is InChI=1S/C19H20BrN3O/c1-14-15(12-21)5-6-18(23-14)22-13-19(7-9-24-10-8-19)16-3-2-4-17(20)11-16/h2-6,11H,7-10,13H2,1H3,(H,22,23). The van der Waals surface area contributed by atoms with Crippen molar-refractivity contribution in [1.29, 1.82) is 5.26 Å². The maximum Gasteiger partial charge on any atom is 0.126 e. The minimum absolute atomic E-state index is 0.0332. The van der Waals surface area contributed by atoms with Crippen molar-refractivity contribution in [1.82, 2.24) is 4.98 Å². The molecule has 1 saturated heterocycles. The lowest BCUT2D eigenvalue weighted by Crippen LogP contribution is -2.40. The molecule has 24 heavy (non-hydrogen) atoms. The second-order valence-electron chi connectivity index (χ2n) is 6.20. The highest BCUT2D eigenvalue weighted by Gasteiger charge is 2.34. The Bertz CT molecular complexity index is 763. The van der Waals surface area contributed by atoms with Crippen LogP contribution in [0.1, 0.15) is 29.7 Å². The quantitative estimate of drug-likeness (QED) is 0.856. The van der Waals surface area contributed by atoms with Crippen molar-refractivity contribution in [3.05, 3.63) is 57.7 Å². The van der Waals surface area contributed by atoms with Crippen molar-refractivity contribution >= 4 is 21.7 Å². The van der Waals surface area contributed by atoms with Crippen molar-refractivity contribution in [3.63, 3.8) is 0 Å². The molecule has 1 aliphatic rings. The number of nitriles is 1. The fraction of sp³-hybridized carbons (Fsp3) is 0.368. The van der Waals surface area contributed by atoms with Crippen LogP contribution in [0.25, 0.3) is 0 Å². The average molecular weight is 386 g/mol. The summed E-state index contributed by atoms with van der Waals surface area (Å²) in [5, 5.41) is 12.5. The molecule has 0 unspecified atom stereocenters. The summed E-state index contributed by atoms with van der Waals surface area (Å²) in [5.74, 6) is 0.812. The van der Waals surface area contributed by atoms with Crippen LogP contribution in [0.15, 0.2) is 40.9 Å². The van der Waals surface area contributed by atoms with Gasteiger partial charge in [-0.05, 0) is 49.6 Å². The molecule has 3 rings (SSSR count). The molecule has 1 N–H and O–H groups in total. The molecule has 0 bridgehead atoms. The number of aromatic nitrogens is 1.